The average molecular weight is 288 g/mol. The number of likely N-dealkylation sites (tertiary alicyclic amines) is 1. The number of nitrogens with one attached hydrogen (secondary N) is 1. The molecule has 0 saturated carbocycles. The highest BCUT2D eigenvalue weighted by atomic mass is 16.5. The van der Waals surface area contributed by atoms with Gasteiger partial charge in [-0.2, -0.15) is 0 Å². The highest BCUT2D eigenvalue weighted by Crippen LogP contribution is 2.38. The van der Waals surface area contributed by atoms with Gasteiger partial charge in [-0.05, 0) is 56.5 Å². The lowest BCUT2D eigenvalue weighted by atomic mass is 9.72. The van der Waals surface area contributed by atoms with E-state index in [0.717, 1.165) is 57.6 Å². The van der Waals surface area contributed by atoms with Crippen molar-refractivity contribution in [1.29, 1.82) is 0 Å². The van der Waals surface area contributed by atoms with Crippen LogP contribution in [0.15, 0.2) is 24.3 Å². The first-order chi connectivity index (χ1) is 10.2. The molecule has 2 aliphatic heterocycles. The van der Waals surface area contributed by atoms with E-state index in [1.165, 1.54) is 5.56 Å². The standard InChI is InChI=1S/C17H24N2O2/c1-21-15-5-3-14(4-6-15)13-19-11-8-17(9-12-19)7-2-10-18-16(17)20/h3-6H,2,7-13H2,1H3,(H,18,20). The van der Waals surface area contributed by atoms with E-state index >= 15 is 0 Å². The second-order valence-corrected chi connectivity index (χ2v) is 6.26. The Morgan fingerprint density at radius 3 is 2.52 bits per heavy atom. The molecule has 1 aromatic carbocycles. The zero-order valence-electron chi connectivity index (χ0n) is 12.7. The summed E-state index contributed by atoms with van der Waals surface area (Å²) in [6, 6.07) is 8.26. The third kappa shape index (κ3) is 3.05. The minimum absolute atomic E-state index is 0.0747. The van der Waals surface area contributed by atoms with Gasteiger partial charge in [0.05, 0.1) is 12.5 Å². The van der Waals surface area contributed by atoms with Crippen molar-refractivity contribution in [3.63, 3.8) is 0 Å². The van der Waals surface area contributed by atoms with Crippen molar-refractivity contribution in [2.75, 3.05) is 26.7 Å². The predicted molar refractivity (Wildman–Crippen MR) is 82.2 cm³/mol. The molecular formula is C17H24N2O2. The summed E-state index contributed by atoms with van der Waals surface area (Å²) in [7, 11) is 1.69. The Morgan fingerprint density at radius 2 is 1.90 bits per heavy atom. The molecule has 0 radical (unpaired) electrons. The van der Waals surface area contributed by atoms with Gasteiger partial charge in [-0.1, -0.05) is 12.1 Å². The fraction of sp³-hybridized carbons (Fsp3) is 0.588. The van der Waals surface area contributed by atoms with Crippen molar-refractivity contribution in [3.8, 4) is 5.75 Å². The van der Waals surface area contributed by atoms with Crippen LogP contribution in [-0.4, -0.2) is 37.6 Å². The molecule has 4 heteroatoms. The summed E-state index contributed by atoms with van der Waals surface area (Å²) in [5.41, 5.74) is 1.23. The molecule has 3 rings (SSSR count). The van der Waals surface area contributed by atoms with Crippen LogP contribution in [0, 0.1) is 5.41 Å². The number of carbonyl (C=O) groups is 1. The van der Waals surface area contributed by atoms with Crippen LogP contribution in [0.1, 0.15) is 31.2 Å². The Kier molecular flexibility index (Phi) is 4.15. The average Bonchev–Trinajstić information content (AvgIpc) is 2.53. The minimum atomic E-state index is -0.0747. The van der Waals surface area contributed by atoms with Crippen molar-refractivity contribution in [2.45, 2.75) is 32.2 Å². The van der Waals surface area contributed by atoms with E-state index < -0.39 is 0 Å². The zero-order valence-corrected chi connectivity index (χ0v) is 12.7. The fourth-order valence-corrected chi connectivity index (χ4v) is 3.54. The molecule has 2 heterocycles. The molecular weight excluding hydrogens is 264 g/mol. The van der Waals surface area contributed by atoms with Crippen LogP contribution >= 0.6 is 0 Å². The Morgan fingerprint density at radius 1 is 1.19 bits per heavy atom. The van der Waals surface area contributed by atoms with E-state index in [0.29, 0.717) is 0 Å². The summed E-state index contributed by atoms with van der Waals surface area (Å²) < 4.78 is 5.19. The quantitative estimate of drug-likeness (QED) is 0.927. The maximum atomic E-state index is 12.2. The van der Waals surface area contributed by atoms with Gasteiger partial charge in [0, 0.05) is 13.1 Å². The molecule has 0 aliphatic carbocycles. The number of nitrogens with zero attached hydrogens (tertiary/aromatic N) is 1. The van der Waals surface area contributed by atoms with Crippen molar-refractivity contribution < 1.29 is 9.53 Å². The molecule has 1 N–H and O–H groups in total. The topological polar surface area (TPSA) is 41.6 Å². The van der Waals surface area contributed by atoms with Crippen LogP contribution in [0.2, 0.25) is 0 Å². The first-order valence-corrected chi connectivity index (χ1v) is 7.85. The smallest absolute Gasteiger partial charge is 0.226 e. The molecule has 1 aromatic rings. The largest absolute Gasteiger partial charge is 0.497 e. The third-order valence-electron chi connectivity index (χ3n) is 4.98. The summed E-state index contributed by atoms with van der Waals surface area (Å²) in [4.78, 5) is 14.6. The van der Waals surface area contributed by atoms with E-state index in [1.807, 2.05) is 12.1 Å². The Labute approximate surface area is 126 Å². The maximum absolute atomic E-state index is 12.2. The molecule has 0 atom stereocenters. The summed E-state index contributed by atoms with van der Waals surface area (Å²) in [6.45, 7) is 3.84. The summed E-state index contributed by atoms with van der Waals surface area (Å²) >= 11 is 0. The lowest BCUT2D eigenvalue weighted by Crippen LogP contribution is -2.51. The van der Waals surface area contributed by atoms with Crippen LogP contribution in [0.25, 0.3) is 0 Å². The molecule has 2 saturated heterocycles. The molecule has 2 fully saturated rings. The third-order valence-corrected chi connectivity index (χ3v) is 4.98. The Bertz CT molecular complexity index is 490. The molecule has 4 nitrogen and oxygen atoms in total. The van der Waals surface area contributed by atoms with E-state index in [-0.39, 0.29) is 11.3 Å². The first kappa shape index (κ1) is 14.4. The summed E-state index contributed by atoms with van der Waals surface area (Å²) in [6.07, 6.45) is 4.18. The highest BCUT2D eigenvalue weighted by Gasteiger charge is 2.42. The second kappa shape index (κ2) is 6.06. The van der Waals surface area contributed by atoms with Gasteiger partial charge in [0.25, 0.3) is 0 Å². The second-order valence-electron chi connectivity index (χ2n) is 6.26. The number of ether oxygens (including phenoxy) is 1. The lowest BCUT2D eigenvalue weighted by Gasteiger charge is -2.42. The van der Waals surface area contributed by atoms with Crippen LogP contribution in [0.4, 0.5) is 0 Å². The van der Waals surface area contributed by atoms with Gasteiger partial charge in [-0.15, -0.1) is 0 Å². The van der Waals surface area contributed by atoms with Crippen molar-refractivity contribution in [2.24, 2.45) is 5.41 Å². The highest BCUT2D eigenvalue weighted by molar-refractivity contribution is 5.83. The van der Waals surface area contributed by atoms with Crippen LogP contribution < -0.4 is 10.1 Å². The Hall–Kier alpha value is -1.55. The van der Waals surface area contributed by atoms with Crippen molar-refractivity contribution in [3.05, 3.63) is 29.8 Å². The molecule has 21 heavy (non-hydrogen) atoms. The Balaban J connectivity index is 1.56. The number of carbonyl (C=O) groups excluding carboxylic acids is 1. The summed E-state index contributed by atoms with van der Waals surface area (Å²) in [5, 5.41) is 3.05. The van der Waals surface area contributed by atoms with Gasteiger partial charge in [0.1, 0.15) is 5.75 Å². The number of hydrogen-bond donors (Lipinski definition) is 1. The van der Waals surface area contributed by atoms with Gasteiger partial charge < -0.3 is 10.1 Å². The van der Waals surface area contributed by atoms with Gasteiger partial charge in [0.15, 0.2) is 0 Å². The number of amides is 1. The van der Waals surface area contributed by atoms with Crippen LogP contribution in [-0.2, 0) is 11.3 Å². The van der Waals surface area contributed by atoms with E-state index in [4.69, 9.17) is 4.74 Å². The maximum Gasteiger partial charge on any atom is 0.226 e. The molecule has 114 valence electrons. The van der Waals surface area contributed by atoms with E-state index in [9.17, 15) is 4.79 Å². The van der Waals surface area contributed by atoms with Gasteiger partial charge >= 0.3 is 0 Å². The number of piperidine rings is 2. The monoisotopic (exact) mass is 288 g/mol. The predicted octanol–water partition coefficient (Wildman–Crippen LogP) is 2.19. The summed E-state index contributed by atoms with van der Waals surface area (Å²) in [5.74, 6) is 1.19. The van der Waals surface area contributed by atoms with Crippen LogP contribution in [0.3, 0.4) is 0 Å². The number of rotatable bonds is 3. The fourth-order valence-electron chi connectivity index (χ4n) is 3.54. The van der Waals surface area contributed by atoms with E-state index in [1.54, 1.807) is 7.11 Å². The number of benzene rings is 1. The first-order valence-electron chi connectivity index (χ1n) is 7.85. The van der Waals surface area contributed by atoms with Gasteiger partial charge in [0.2, 0.25) is 5.91 Å². The normalized spacial score (nSPS) is 22.0. The molecule has 1 spiro atoms. The molecule has 2 aliphatic rings. The van der Waals surface area contributed by atoms with Gasteiger partial charge in [-0.25, -0.2) is 0 Å². The molecule has 0 bridgehead atoms. The van der Waals surface area contributed by atoms with Crippen molar-refractivity contribution in [1.82, 2.24) is 10.2 Å². The molecule has 1 amide bonds. The zero-order chi connectivity index (χ0) is 14.7. The number of methoxy groups -OCH3 is 1. The number of hydrogen-bond acceptors (Lipinski definition) is 3. The molecule has 0 aromatic heterocycles. The van der Waals surface area contributed by atoms with Gasteiger partial charge in [-0.3, -0.25) is 9.69 Å². The minimum Gasteiger partial charge on any atom is -0.497 e. The molecule has 0 unspecified atom stereocenters. The van der Waals surface area contributed by atoms with Crippen LogP contribution in [0.5, 0.6) is 5.75 Å². The lowest BCUT2D eigenvalue weighted by molar-refractivity contribution is -0.136. The SMILES string of the molecule is COc1ccc(CN2CCC3(CCCNC3=O)CC2)cc1. The van der Waals surface area contributed by atoms with E-state index in [2.05, 4.69) is 22.3 Å². The van der Waals surface area contributed by atoms with Crippen molar-refractivity contribution >= 4 is 5.91 Å².